The fourth-order valence-electron chi connectivity index (χ4n) is 4.07. The van der Waals surface area contributed by atoms with E-state index in [1.807, 2.05) is 26.8 Å². The smallest absolute Gasteiger partial charge is 0.416 e. The van der Waals surface area contributed by atoms with E-state index in [4.69, 9.17) is 9.63 Å². The average Bonchev–Trinajstić information content (AvgIpc) is 3.29. The number of halogens is 3. The fraction of sp³-hybridized carbons (Fsp3) is 0.280. The highest BCUT2D eigenvalue weighted by molar-refractivity contribution is 7.19. The molecule has 4 aromatic rings. The number of hydrogen-bond acceptors (Lipinski definition) is 4. The predicted molar refractivity (Wildman–Crippen MR) is 124 cm³/mol. The van der Waals surface area contributed by atoms with Crippen molar-refractivity contribution in [2.24, 2.45) is 0 Å². The van der Waals surface area contributed by atoms with Crippen LogP contribution in [0.3, 0.4) is 0 Å². The van der Waals surface area contributed by atoms with Crippen LogP contribution in [0, 0.1) is 6.92 Å². The first-order chi connectivity index (χ1) is 15.5. The number of rotatable bonds is 6. The lowest BCUT2D eigenvalue weighted by molar-refractivity contribution is -0.137. The van der Waals surface area contributed by atoms with Gasteiger partial charge in [-0.2, -0.15) is 13.2 Å². The van der Waals surface area contributed by atoms with Crippen LogP contribution in [0.25, 0.3) is 27.1 Å². The molecular weight excluding hydrogens is 451 g/mol. The number of nitrogens with zero attached hydrogens (tertiary/aromatic N) is 1. The zero-order chi connectivity index (χ0) is 23.9. The number of aromatic nitrogens is 1. The Morgan fingerprint density at radius 2 is 1.94 bits per heavy atom. The summed E-state index contributed by atoms with van der Waals surface area (Å²) >= 11 is 1.40. The third kappa shape index (κ3) is 4.66. The monoisotopic (exact) mass is 473 g/mol. The Morgan fingerprint density at radius 3 is 2.61 bits per heavy atom. The van der Waals surface area contributed by atoms with Crippen molar-refractivity contribution < 1.29 is 27.6 Å². The molecule has 0 unspecified atom stereocenters. The Bertz CT molecular complexity index is 1380. The van der Waals surface area contributed by atoms with Crippen molar-refractivity contribution in [3.63, 3.8) is 0 Å². The van der Waals surface area contributed by atoms with Gasteiger partial charge in [0.15, 0.2) is 5.58 Å². The van der Waals surface area contributed by atoms with E-state index in [1.54, 1.807) is 12.1 Å². The molecule has 0 fully saturated rings. The number of alkyl halides is 3. The van der Waals surface area contributed by atoms with Gasteiger partial charge in [0.1, 0.15) is 0 Å². The van der Waals surface area contributed by atoms with Crippen molar-refractivity contribution in [1.82, 2.24) is 5.16 Å². The highest BCUT2D eigenvalue weighted by Gasteiger charge is 2.31. The Morgan fingerprint density at radius 1 is 1.18 bits per heavy atom. The minimum atomic E-state index is -4.37. The normalized spacial score (nSPS) is 12.6. The maximum atomic E-state index is 13.2. The van der Waals surface area contributed by atoms with E-state index >= 15 is 0 Å². The first-order valence-electron chi connectivity index (χ1n) is 10.5. The second kappa shape index (κ2) is 8.67. The summed E-state index contributed by atoms with van der Waals surface area (Å²) < 4.78 is 45.6. The van der Waals surface area contributed by atoms with Crippen molar-refractivity contribution in [2.75, 3.05) is 0 Å². The van der Waals surface area contributed by atoms with Crippen LogP contribution in [-0.4, -0.2) is 16.2 Å². The molecule has 4 nitrogen and oxygen atoms in total. The number of hydrogen-bond donors (Lipinski definition) is 1. The molecule has 172 valence electrons. The number of aryl methyl sites for hydroxylation is 3. The molecule has 0 saturated carbocycles. The quantitative estimate of drug-likeness (QED) is 0.297. The molecule has 0 spiro atoms. The van der Waals surface area contributed by atoms with Crippen LogP contribution < -0.4 is 0 Å². The molecule has 2 heterocycles. The van der Waals surface area contributed by atoms with E-state index < -0.39 is 17.7 Å². The lowest BCUT2D eigenvalue weighted by atomic mass is 9.96. The molecule has 0 amide bonds. The molecular formula is C25H22F3NO3S. The molecule has 0 aliphatic heterocycles. The molecule has 0 bridgehead atoms. The van der Waals surface area contributed by atoms with Gasteiger partial charge in [0.2, 0.25) is 0 Å². The fourth-order valence-corrected chi connectivity index (χ4v) is 5.47. The second-order valence-corrected chi connectivity index (χ2v) is 9.44. The average molecular weight is 474 g/mol. The van der Waals surface area contributed by atoms with Gasteiger partial charge in [-0.15, -0.1) is 11.3 Å². The Labute approximate surface area is 192 Å². The maximum absolute atomic E-state index is 13.2. The molecule has 0 aliphatic rings. The van der Waals surface area contributed by atoms with Gasteiger partial charge in [-0.3, -0.25) is 0 Å². The van der Waals surface area contributed by atoms with Crippen LogP contribution in [0.2, 0.25) is 0 Å². The third-order valence-electron chi connectivity index (χ3n) is 5.64. The van der Waals surface area contributed by atoms with Crippen LogP contribution in [0.15, 0.2) is 40.9 Å². The minimum absolute atomic E-state index is 0.172. The number of carboxylic acids is 1. The van der Waals surface area contributed by atoms with Gasteiger partial charge in [0, 0.05) is 21.0 Å². The summed E-state index contributed by atoms with van der Waals surface area (Å²) in [6, 6.07) is 7.64. The topological polar surface area (TPSA) is 63.3 Å². The Kier molecular flexibility index (Phi) is 6.05. The molecule has 0 aliphatic carbocycles. The molecule has 0 radical (unpaired) electrons. The van der Waals surface area contributed by atoms with Crippen molar-refractivity contribution >= 4 is 44.4 Å². The summed E-state index contributed by atoms with van der Waals surface area (Å²) in [5.74, 6) is -0.857. The van der Waals surface area contributed by atoms with Crippen LogP contribution in [0.4, 0.5) is 13.2 Å². The number of carboxylic acid groups (broad SMARTS) is 1. The lowest BCUT2D eigenvalue weighted by Gasteiger charge is -2.09. The zero-order valence-corrected chi connectivity index (χ0v) is 19.1. The number of carbonyl (C=O) groups is 1. The molecule has 33 heavy (non-hydrogen) atoms. The largest absolute Gasteiger partial charge is 0.478 e. The van der Waals surface area contributed by atoms with E-state index in [1.165, 1.54) is 23.5 Å². The first kappa shape index (κ1) is 23.0. The van der Waals surface area contributed by atoms with E-state index in [0.717, 1.165) is 50.2 Å². The lowest BCUT2D eigenvalue weighted by Crippen LogP contribution is -2.03. The molecule has 2 aromatic carbocycles. The summed E-state index contributed by atoms with van der Waals surface area (Å²) in [7, 11) is 0. The summed E-state index contributed by atoms with van der Waals surface area (Å²) in [6.07, 6.45) is -0.567. The van der Waals surface area contributed by atoms with E-state index in [9.17, 15) is 18.0 Å². The Hall–Kier alpha value is -3.13. The minimum Gasteiger partial charge on any atom is -0.478 e. The second-order valence-electron chi connectivity index (χ2n) is 8.31. The van der Waals surface area contributed by atoms with Crippen molar-refractivity contribution in [3.8, 4) is 0 Å². The van der Waals surface area contributed by atoms with Gasteiger partial charge < -0.3 is 9.63 Å². The molecule has 8 heteroatoms. The van der Waals surface area contributed by atoms with Gasteiger partial charge in [0.05, 0.1) is 11.3 Å². The molecule has 0 saturated heterocycles. The summed E-state index contributed by atoms with van der Waals surface area (Å²) in [5.41, 5.74) is 3.41. The highest BCUT2D eigenvalue weighted by Crippen LogP contribution is 2.40. The first-order valence-corrected chi connectivity index (χ1v) is 11.3. The number of fused-ring (bicyclic) bond motifs is 2. The number of thiophene rings is 1. The number of aliphatic carboxylic acids is 1. The van der Waals surface area contributed by atoms with E-state index in [2.05, 4.69) is 5.16 Å². The molecule has 2 aromatic heterocycles. The van der Waals surface area contributed by atoms with Gasteiger partial charge in [-0.1, -0.05) is 25.1 Å². The van der Waals surface area contributed by atoms with Crippen LogP contribution in [0.1, 0.15) is 52.6 Å². The van der Waals surface area contributed by atoms with Crippen LogP contribution >= 0.6 is 11.3 Å². The maximum Gasteiger partial charge on any atom is 0.416 e. The summed E-state index contributed by atoms with van der Waals surface area (Å²) in [5, 5.41) is 14.8. The van der Waals surface area contributed by atoms with E-state index in [-0.39, 0.29) is 5.92 Å². The summed E-state index contributed by atoms with van der Waals surface area (Å²) in [4.78, 5) is 11.9. The van der Waals surface area contributed by atoms with Crippen LogP contribution in [0.5, 0.6) is 0 Å². The third-order valence-corrected chi connectivity index (χ3v) is 6.87. The summed E-state index contributed by atoms with van der Waals surface area (Å²) in [6.45, 7) is 5.98. The van der Waals surface area contributed by atoms with Gasteiger partial charge in [-0.05, 0) is 78.1 Å². The van der Waals surface area contributed by atoms with Crippen molar-refractivity contribution in [1.29, 1.82) is 0 Å². The Balaban J connectivity index is 1.66. The van der Waals surface area contributed by atoms with E-state index in [0.29, 0.717) is 23.1 Å². The van der Waals surface area contributed by atoms with Crippen LogP contribution in [-0.2, 0) is 23.8 Å². The molecule has 1 N–H and O–H groups in total. The number of benzene rings is 2. The highest BCUT2D eigenvalue weighted by atomic mass is 32.1. The zero-order valence-electron chi connectivity index (χ0n) is 18.3. The van der Waals surface area contributed by atoms with Crippen molar-refractivity contribution in [3.05, 3.63) is 69.2 Å². The molecule has 4 rings (SSSR count). The molecule has 0 atom stereocenters. The standard InChI is InChI=1S/C25H22F3NO3S/c1-13(2)24-17-6-5-16(25(26,27)28)12-22(17)33-21(24)8-7-19-18-10-14(3)15(4-9-23(30)31)11-20(18)32-29-19/h4-6,9-13H,7-8H2,1-3H3,(H,30,31)/b9-4+. The van der Waals surface area contributed by atoms with Gasteiger partial charge in [0.25, 0.3) is 0 Å². The predicted octanol–water partition coefficient (Wildman–Crippen LogP) is 7.38. The van der Waals surface area contributed by atoms with Gasteiger partial charge in [-0.25, -0.2) is 4.79 Å². The van der Waals surface area contributed by atoms with Crippen molar-refractivity contribution in [2.45, 2.75) is 45.7 Å². The SMILES string of the molecule is Cc1cc2c(CCc3sc4cc(C(F)(F)F)ccc4c3C(C)C)noc2cc1/C=C/C(=O)O. The van der Waals surface area contributed by atoms with Gasteiger partial charge >= 0.3 is 12.1 Å².